The van der Waals surface area contributed by atoms with Crippen LogP contribution in [0.3, 0.4) is 0 Å². The Morgan fingerprint density at radius 3 is 2.34 bits per heavy atom. The van der Waals surface area contributed by atoms with Gasteiger partial charge in [-0.25, -0.2) is 4.79 Å². The van der Waals surface area contributed by atoms with Gasteiger partial charge in [0.25, 0.3) is 0 Å². The smallest absolute Gasteiger partial charge is 0.416 e. The predicted octanol–water partition coefficient (Wildman–Crippen LogP) is 8.91. The van der Waals surface area contributed by atoms with Crippen LogP contribution in [0.4, 0.5) is 13.2 Å². The molecule has 1 N–H and O–H groups in total. The van der Waals surface area contributed by atoms with E-state index >= 15 is 0 Å². The molecule has 1 heterocycles. The van der Waals surface area contributed by atoms with Crippen LogP contribution >= 0.6 is 34.5 Å². The first-order valence-corrected chi connectivity index (χ1v) is 13.7. The maximum atomic E-state index is 12.8. The summed E-state index contributed by atoms with van der Waals surface area (Å²) in [5.74, 6) is -0.255. The number of benzene rings is 2. The Kier molecular flexibility index (Phi) is 10.1. The number of esters is 1. The lowest BCUT2D eigenvalue weighted by Crippen LogP contribution is -2.40. The summed E-state index contributed by atoms with van der Waals surface area (Å²) in [6, 6.07) is 11.8. The fourth-order valence-corrected chi connectivity index (χ4v) is 5.10. The number of rotatable bonds is 11. The van der Waals surface area contributed by atoms with E-state index in [1.54, 1.807) is 38.1 Å². The van der Waals surface area contributed by atoms with Gasteiger partial charge in [0.15, 0.2) is 5.60 Å². The molecule has 1 atom stereocenters. The van der Waals surface area contributed by atoms with Gasteiger partial charge in [0.1, 0.15) is 10.8 Å². The molecule has 0 bridgehead atoms. The van der Waals surface area contributed by atoms with Crippen LogP contribution < -0.4 is 4.74 Å². The van der Waals surface area contributed by atoms with Crippen molar-refractivity contribution in [2.45, 2.75) is 64.3 Å². The van der Waals surface area contributed by atoms with Gasteiger partial charge in [0.05, 0.1) is 23.3 Å². The fourth-order valence-electron chi connectivity index (χ4n) is 3.59. The van der Waals surface area contributed by atoms with Gasteiger partial charge in [0, 0.05) is 9.75 Å². The Balaban J connectivity index is 1.63. The number of aryl methyl sites for hydroxylation is 1. The minimum Gasteiger partial charge on any atom is -0.475 e. The third-order valence-electron chi connectivity index (χ3n) is 5.85. The molecule has 1 aromatic heterocycles. The molecule has 4 nitrogen and oxygen atoms in total. The van der Waals surface area contributed by atoms with E-state index in [1.807, 2.05) is 6.92 Å². The predicted molar refractivity (Wildman–Crippen MR) is 145 cm³/mol. The highest BCUT2D eigenvalue weighted by atomic mass is 35.5. The van der Waals surface area contributed by atoms with Crippen LogP contribution in [-0.4, -0.2) is 23.3 Å². The van der Waals surface area contributed by atoms with E-state index in [1.165, 1.54) is 23.5 Å². The van der Waals surface area contributed by atoms with E-state index in [2.05, 4.69) is 0 Å². The van der Waals surface area contributed by atoms with E-state index in [0.29, 0.717) is 35.5 Å². The summed E-state index contributed by atoms with van der Waals surface area (Å²) in [7, 11) is 0. The molecule has 10 heteroatoms. The third-order valence-corrected chi connectivity index (χ3v) is 7.99. The molecule has 206 valence electrons. The minimum atomic E-state index is -4.39. The molecule has 2 aromatic carbocycles. The lowest BCUT2D eigenvalue weighted by molar-refractivity contribution is -0.159. The third kappa shape index (κ3) is 7.65. The summed E-state index contributed by atoms with van der Waals surface area (Å²) < 4.78 is 49.5. The van der Waals surface area contributed by atoms with E-state index in [0.717, 1.165) is 29.9 Å². The lowest BCUT2D eigenvalue weighted by Gasteiger charge is -2.25. The number of ether oxygens (including phenoxy) is 2. The molecule has 0 saturated carbocycles. The maximum Gasteiger partial charge on any atom is 0.416 e. The number of aliphatic hydroxyl groups excluding tert-OH is 1. The Labute approximate surface area is 234 Å². The van der Waals surface area contributed by atoms with Crippen LogP contribution in [0.1, 0.15) is 62.1 Å². The molecular weight excluding hydrogens is 560 g/mol. The molecule has 1 unspecified atom stereocenters. The first kappa shape index (κ1) is 30.3. The van der Waals surface area contributed by atoms with Crippen molar-refractivity contribution in [1.29, 1.82) is 0 Å². The van der Waals surface area contributed by atoms with E-state index in [9.17, 15) is 23.1 Å². The lowest BCUT2D eigenvalue weighted by atomic mass is 10.0. The van der Waals surface area contributed by atoms with E-state index in [-0.39, 0.29) is 15.8 Å². The van der Waals surface area contributed by atoms with Crippen LogP contribution in [0.5, 0.6) is 5.75 Å². The van der Waals surface area contributed by atoms with Gasteiger partial charge in [-0.2, -0.15) is 13.2 Å². The summed E-state index contributed by atoms with van der Waals surface area (Å²) in [4.78, 5) is 13.8. The zero-order chi connectivity index (χ0) is 28.1. The number of carbonyl (C=O) groups is 1. The largest absolute Gasteiger partial charge is 0.475 e. The first-order chi connectivity index (χ1) is 17.8. The van der Waals surface area contributed by atoms with Gasteiger partial charge in [-0.3, -0.25) is 0 Å². The molecule has 38 heavy (non-hydrogen) atoms. The SMILES string of the molecule is CCCCOC(=O)C(C)(C)Oc1ccc(CCC(O)c2ccc(-c3ccc(C(F)(F)F)cc3)s2)c(Cl)c1Cl. The van der Waals surface area contributed by atoms with Gasteiger partial charge in [-0.05, 0) is 74.6 Å². The number of aliphatic hydroxyl groups is 1. The van der Waals surface area contributed by atoms with Crippen LogP contribution in [0.15, 0.2) is 48.5 Å². The summed E-state index contributed by atoms with van der Waals surface area (Å²) in [5.41, 5.74) is -0.627. The molecule has 0 amide bonds. The normalized spacial score (nSPS) is 12.9. The van der Waals surface area contributed by atoms with Gasteiger partial charge < -0.3 is 14.6 Å². The van der Waals surface area contributed by atoms with Gasteiger partial charge in [0.2, 0.25) is 0 Å². The molecule has 0 aliphatic heterocycles. The molecule has 0 aliphatic carbocycles. The number of unbranched alkanes of at least 4 members (excludes halogenated alkanes) is 1. The van der Waals surface area contributed by atoms with Crippen LogP contribution in [-0.2, 0) is 22.1 Å². The second-order valence-electron chi connectivity index (χ2n) is 9.28. The number of hydrogen-bond acceptors (Lipinski definition) is 5. The highest BCUT2D eigenvalue weighted by Gasteiger charge is 2.33. The quantitative estimate of drug-likeness (QED) is 0.179. The van der Waals surface area contributed by atoms with Crippen molar-refractivity contribution in [3.8, 4) is 16.2 Å². The topological polar surface area (TPSA) is 55.8 Å². The number of halogens is 5. The van der Waals surface area contributed by atoms with Crippen molar-refractivity contribution in [2.24, 2.45) is 0 Å². The summed E-state index contributed by atoms with van der Waals surface area (Å²) in [6.45, 7) is 5.50. The van der Waals surface area contributed by atoms with Crippen molar-refractivity contribution in [3.05, 3.63) is 74.6 Å². The number of hydrogen-bond donors (Lipinski definition) is 1. The molecule has 0 aliphatic rings. The van der Waals surface area contributed by atoms with Crippen LogP contribution in [0, 0.1) is 0 Å². The Morgan fingerprint density at radius 2 is 1.71 bits per heavy atom. The number of thiophene rings is 1. The molecule has 3 aromatic rings. The Hall–Kier alpha value is -2.26. The summed E-state index contributed by atoms with van der Waals surface area (Å²) >= 11 is 14.2. The zero-order valence-corrected chi connectivity index (χ0v) is 23.5. The molecule has 0 fully saturated rings. The van der Waals surface area contributed by atoms with E-state index < -0.39 is 29.4 Å². The first-order valence-electron chi connectivity index (χ1n) is 12.1. The maximum absolute atomic E-state index is 12.8. The summed E-state index contributed by atoms with van der Waals surface area (Å²) in [6.07, 6.45) is -2.77. The number of carbonyl (C=O) groups excluding carboxylic acids is 1. The molecular formula is C28H29Cl2F3O4S. The van der Waals surface area contributed by atoms with Crippen molar-refractivity contribution in [3.63, 3.8) is 0 Å². The molecule has 0 spiro atoms. The van der Waals surface area contributed by atoms with Crippen molar-refractivity contribution in [2.75, 3.05) is 6.61 Å². The van der Waals surface area contributed by atoms with Crippen molar-refractivity contribution in [1.82, 2.24) is 0 Å². The van der Waals surface area contributed by atoms with Crippen LogP contribution in [0.25, 0.3) is 10.4 Å². The van der Waals surface area contributed by atoms with Gasteiger partial charge in [-0.15, -0.1) is 11.3 Å². The minimum absolute atomic E-state index is 0.161. The highest BCUT2D eigenvalue weighted by Crippen LogP contribution is 2.39. The standard InChI is InChI=1S/C28H29Cl2F3O4S/c1-4-5-16-36-26(35)27(2,3)37-21-13-9-18(24(29)25(21)30)8-12-20(34)23-15-14-22(38-23)17-6-10-19(11-7-17)28(31,32)33/h6-7,9-11,13-15,20,34H,4-5,8,12,16H2,1-3H3. The highest BCUT2D eigenvalue weighted by molar-refractivity contribution is 7.15. The van der Waals surface area contributed by atoms with Crippen molar-refractivity contribution >= 4 is 40.5 Å². The zero-order valence-electron chi connectivity index (χ0n) is 21.2. The second kappa shape index (κ2) is 12.7. The second-order valence-corrected chi connectivity index (χ2v) is 11.2. The number of alkyl halides is 3. The monoisotopic (exact) mass is 588 g/mol. The Bertz CT molecular complexity index is 1240. The molecule has 0 saturated heterocycles. The van der Waals surface area contributed by atoms with Crippen LogP contribution in [0.2, 0.25) is 10.0 Å². The average molecular weight is 590 g/mol. The average Bonchev–Trinajstić information content (AvgIpc) is 3.36. The van der Waals surface area contributed by atoms with Gasteiger partial charge in [-0.1, -0.05) is 54.7 Å². The summed E-state index contributed by atoms with van der Waals surface area (Å²) in [5, 5.41) is 11.1. The molecule has 0 radical (unpaired) electrons. The Morgan fingerprint density at radius 1 is 1.03 bits per heavy atom. The molecule has 3 rings (SSSR count). The van der Waals surface area contributed by atoms with Crippen molar-refractivity contribution < 1.29 is 32.5 Å². The van der Waals surface area contributed by atoms with Gasteiger partial charge >= 0.3 is 12.1 Å². The fraction of sp³-hybridized carbons (Fsp3) is 0.393. The van der Waals surface area contributed by atoms with E-state index in [4.69, 9.17) is 32.7 Å².